The van der Waals surface area contributed by atoms with E-state index in [0.29, 0.717) is 30.3 Å². The lowest BCUT2D eigenvalue weighted by Crippen LogP contribution is -1.98. The largest absolute Gasteiger partial charge is 0.490 e. The van der Waals surface area contributed by atoms with Crippen molar-refractivity contribution in [3.8, 4) is 17.6 Å². The lowest BCUT2D eigenvalue weighted by molar-refractivity contribution is 0.287. The van der Waals surface area contributed by atoms with Crippen LogP contribution in [0.1, 0.15) is 24.4 Å². The second kappa shape index (κ2) is 7.82. The Kier molecular flexibility index (Phi) is 5.32. The molecule has 3 rings (SSSR count). The van der Waals surface area contributed by atoms with Crippen molar-refractivity contribution in [1.29, 1.82) is 5.26 Å². The quantitative estimate of drug-likeness (QED) is 0.576. The molecule has 0 aliphatic rings. The molecule has 0 unspecified atom stereocenters. The van der Waals surface area contributed by atoms with Crippen LogP contribution in [0.25, 0.3) is 21.9 Å². The molecule has 0 aliphatic carbocycles. The number of allylic oxidation sites excluding steroid dienone is 1. The fourth-order valence-corrected chi connectivity index (χ4v) is 3.39. The van der Waals surface area contributed by atoms with Gasteiger partial charge in [0.2, 0.25) is 0 Å². The number of nitrogens with zero attached hydrogens (tertiary/aromatic N) is 2. The van der Waals surface area contributed by atoms with E-state index in [-0.39, 0.29) is 0 Å². The van der Waals surface area contributed by atoms with Crippen LogP contribution in [0.2, 0.25) is 0 Å². The number of aromatic nitrogens is 1. The number of hydrogen-bond acceptors (Lipinski definition) is 5. The Labute approximate surface area is 151 Å². The van der Waals surface area contributed by atoms with Gasteiger partial charge in [-0.2, -0.15) is 5.26 Å². The number of nitriles is 1. The molecule has 1 aromatic heterocycles. The topological polar surface area (TPSA) is 55.1 Å². The van der Waals surface area contributed by atoms with E-state index in [1.807, 2.05) is 62.4 Å². The molecule has 4 nitrogen and oxygen atoms in total. The zero-order chi connectivity index (χ0) is 17.6. The lowest BCUT2D eigenvalue weighted by atomic mass is 10.1. The summed E-state index contributed by atoms with van der Waals surface area (Å²) >= 11 is 1.52. The predicted molar refractivity (Wildman–Crippen MR) is 102 cm³/mol. The third-order valence-corrected chi connectivity index (χ3v) is 4.59. The number of benzene rings is 2. The van der Waals surface area contributed by atoms with Gasteiger partial charge in [-0.1, -0.05) is 18.2 Å². The molecule has 0 saturated carbocycles. The van der Waals surface area contributed by atoms with Crippen molar-refractivity contribution in [3.05, 3.63) is 53.0 Å². The molecule has 0 saturated heterocycles. The lowest BCUT2D eigenvalue weighted by Gasteiger charge is -2.11. The first-order valence-electron chi connectivity index (χ1n) is 8.12. The molecule has 0 atom stereocenters. The van der Waals surface area contributed by atoms with Crippen molar-refractivity contribution < 1.29 is 9.47 Å². The summed E-state index contributed by atoms with van der Waals surface area (Å²) in [6.45, 7) is 4.99. The maximum atomic E-state index is 9.57. The van der Waals surface area contributed by atoms with Gasteiger partial charge in [-0.15, -0.1) is 11.3 Å². The summed E-state index contributed by atoms with van der Waals surface area (Å²) in [6.07, 6.45) is 1.83. The van der Waals surface area contributed by atoms with Gasteiger partial charge in [0.1, 0.15) is 11.1 Å². The average molecular weight is 350 g/mol. The van der Waals surface area contributed by atoms with Gasteiger partial charge in [-0.05, 0) is 49.8 Å². The van der Waals surface area contributed by atoms with E-state index in [0.717, 1.165) is 20.8 Å². The summed E-state index contributed by atoms with van der Waals surface area (Å²) in [4.78, 5) is 4.56. The van der Waals surface area contributed by atoms with Crippen LogP contribution in [0.4, 0.5) is 0 Å². The Morgan fingerprint density at radius 3 is 2.60 bits per heavy atom. The highest BCUT2D eigenvalue weighted by molar-refractivity contribution is 7.19. The highest BCUT2D eigenvalue weighted by Crippen LogP contribution is 2.32. The normalized spacial score (nSPS) is 11.3. The number of ether oxygens (including phenoxy) is 2. The third-order valence-electron chi connectivity index (χ3n) is 3.52. The molecule has 0 N–H and O–H groups in total. The molecule has 1 heterocycles. The van der Waals surface area contributed by atoms with Crippen LogP contribution >= 0.6 is 11.3 Å². The number of hydrogen-bond donors (Lipinski definition) is 0. The van der Waals surface area contributed by atoms with E-state index < -0.39 is 0 Å². The fraction of sp³-hybridized carbons (Fsp3) is 0.200. The molecule has 3 aromatic rings. The first kappa shape index (κ1) is 17.0. The molecule has 0 spiro atoms. The Morgan fingerprint density at radius 2 is 1.88 bits per heavy atom. The molecule has 5 heteroatoms. The first-order chi connectivity index (χ1) is 12.2. The standard InChI is InChI=1S/C20H18N2O2S/c1-3-23-17-10-9-14(12-18(17)24-4-2)11-15(13-21)20-22-16-7-5-6-8-19(16)25-20/h5-12H,3-4H2,1-2H3/b15-11-. The Balaban J connectivity index is 1.99. The Morgan fingerprint density at radius 1 is 1.12 bits per heavy atom. The molecule has 0 radical (unpaired) electrons. The minimum Gasteiger partial charge on any atom is -0.490 e. The minimum atomic E-state index is 0.535. The SMILES string of the molecule is CCOc1ccc(/C=C(/C#N)c2nc3ccccc3s2)cc1OCC. The summed E-state index contributed by atoms with van der Waals surface area (Å²) < 4.78 is 12.3. The van der Waals surface area contributed by atoms with E-state index >= 15 is 0 Å². The second-order valence-corrected chi connectivity index (χ2v) is 6.26. The zero-order valence-corrected chi connectivity index (χ0v) is 15.0. The molecule has 25 heavy (non-hydrogen) atoms. The van der Waals surface area contributed by atoms with E-state index in [2.05, 4.69) is 11.1 Å². The highest BCUT2D eigenvalue weighted by atomic mass is 32.1. The molecular weight excluding hydrogens is 332 g/mol. The van der Waals surface area contributed by atoms with E-state index in [9.17, 15) is 5.26 Å². The Hall–Kier alpha value is -2.84. The molecule has 126 valence electrons. The van der Waals surface area contributed by atoms with Gasteiger partial charge in [0.05, 0.1) is 29.0 Å². The van der Waals surface area contributed by atoms with Crippen molar-refractivity contribution in [2.75, 3.05) is 13.2 Å². The van der Waals surface area contributed by atoms with Crippen molar-refractivity contribution >= 4 is 33.2 Å². The van der Waals surface area contributed by atoms with Gasteiger partial charge >= 0.3 is 0 Å². The summed E-state index contributed by atoms with van der Waals surface area (Å²) in [6, 6.07) is 15.8. The van der Waals surface area contributed by atoms with Crippen molar-refractivity contribution in [3.63, 3.8) is 0 Å². The number of fused-ring (bicyclic) bond motifs is 1. The number of thiazole rings is 1. The molecule has 0 bridgehead atoms. The van der Waals surface area contributed by atoms with Crippen LogP contribution in [-0.2, 0) is 0 Å². The van der Waals surface area contributed by atoms with Gasteiger partial charge in [0.15, 0.2) is 11.5 Å². The van der Waals surface area contributed by atoms with E-state index in [1.54, 1.807) is 0 Å². The van der Waals surface area contributed by atoms with Crippen LogP contribution < -0.4 is 9.47 Å². The predicted octanol–water partition coefficient (Wildman–Crippen LogP) is 5.16. The fourth-order valence-electron chi connectivity index (χ4n) is 2.45. The first-order valence-corrected chi connectivity index (χ1v) is 8.94. The van der Waals surface area contributed by atoms with E-state index in [1.165, 1.54) is 11.3 Å². The van der Waals surface area contributed by atoms with Gasteiger partial charge in [-0.3, -0.25) is 0 Å². The van der Waals surface area contributed by atoms with Gasteiger partial charge in [-0.25, -0.2) is 4.98 Å². The molecule has 0 aliphatic heterocycles. The van der Waals surface area contributed by atoms with Crippen LogP contribution in [0.3, 0.4) is 0 Å². The monoisotopic (exact) mass is 350 g/mol. The van der Waals surface area contributed by atoms with Gasteiger partial charge in [0, 0.05) is 0 Å². The van der Waals surface area contributed by atoms with Crippen LogP contribution in [0.5, 0.6) is 11.5 Å². The zero-order valence-electron chi connectivity index (χ0n) is 14.2. The third kappa shape index (κ3) is 3.81. The van der Waals surface area contributed by atoms with Gasteiger partial charge in [0.25, 0.3) is 0 Å². The maximum Gasteiger partial charge on any atom is 0.161 e. The summed E-state index contributed by atoms with van der Waals surface area (Å²) in [5.74, 6) is 1.39. The maximum absolute atomic E-state index is 9.57. The molecule has 0 amide bonds. The second-order valence-electron chi connectivity index (χ2n) is 5.23. The van der Waals surface area contributed by atoms with E-state index in [4.69, 9.17) is 9.47 Å². The smallest absolute Gasteiger partial charge is 0.161 e. The molecule has 2 aromatic carbocycles. The number of rotatable bonds is 6. The summed E-state index contributed by atoms with van der Waals surface area (Å²) in [7, 11) is 0. The summed E-state index contributed by atoms with van der Waals surface area (Å²) in [5, 5.41) is 10.3. The number of para-hydroxylation sites is 1. The summed E-state index contributed by atoms with van der Waals surface area (Å²) in [5.41, 5.74) is 2.32. The molecule has 0 fully saturated rings. The van der Waals surface area contributed by atoms with Crippen molar-refractivity contribution in [2.24, 2.45) is 0 Å². The van der Waals surface area contributed by atoms with Crippen molar-refractivity contribution in [2.45, 2.75) is 13.8 Å². The average Bonchev–Trinajstić information content (AvgIpc) is 3.06. The minimum absolute atomic E-state index is 0.535. The van der Waals surface area contributed by atoms with Crippen molar-refractivity contribution in [1.82, 2.24) is 4.98 Å². The molecular formula is C20H18N2O2S. The van der Waals surface area contributed by atoms with Crippen LogP contribution in [0, 0.1) is 11.3 Å². The van der Waals surface area contributed by atoms with Crippen LogP contribution in [-0.4, -0.2) is 18.2 Å². The Bertz CT molecular complexity index is 921. The highest BCUT2D eigenvalue weighted by Gasteiger charge is 2.10. The van der Waals surface area contributed by atoms with Crippen LogP contribution in [0.15, 0.2) is 42.5 Å². The van der Waals surface area contributed by atoms with Gasteiger partial charge < -0.3 is 9.47 Å².